The van der Waals surface area contributed by atoms with E-state index in [0.29, 0.717) is 38.3 Å². The van der Waals surface area contributed by atoms with Crippen molar-refractivity contribution in [2.45, 2.75) is 26.3 Å². The number of carbonyl (C=O) groups is 3. The number of amides is 1. The molecular formula is C30H29NO7S3. The van der Waals surface area contributed by atoms with E-state index in [9.17, 15) is 14.4 Å². The van der Waals surface area contributed by atoms with Crippen LogP contribution in [0.15, 0.2) is 62.6 Å². The van der Waals surface area contributed by atoms with Crippen molar-refractivity contribution in [3.63, 3.8) is 0 Å². The van der Waals surface area contributed by atoms with Gasteiger partial charge in [0.2, 0.25) is 0 Å². The van der Waals surface area contributed by atoms with Crippen molar-refractivity contribution in [1.82, 2.24) is 0 Å². The van der Waals surface area contributed by atoms with Crippen LogP contribution in [0.4, 0.5) is 5.69 Å². The van der Waals surface area contributed by atoms with E-state index < -0.39 is 17.5 Å². The molecule has 2 aromatic rings. The predicted molar refractivity (Wildman–Crippen MR) is 167 cm³/mol. The second kappa shape index (κ2) is 12.5. The lowest BCUT2D eigenvalue weighted by atomic mass is 9.83. The van der Waals surface area contributed by atoms with Crippen molar-refractivity contribution < 1.29 is 33.3 Å². The van der Waals surface area contributed by atoms with Gasteiger partial charge in [-0.2, -0.15) is 0 Å². The van der Waals surface area contributed by atoms with E-state index >= 15 is 0 Å². The summed E-state index contributed by atoms with van der Waals surface area (Å²) in [6.07, 6.45) is 3.23. The predicted octanol–water partition coefficient (Wildman–Crippen LogP) is 6.01. The van der Waals surface area contributed by atoms with Crippen LogP contribution < -0.4 is 14.4 Å². The largest absolute Gasteiger partial charge is 0.497 e. The molecule has 4 rings (SSSR count). The monoisotopic (exact) mass is 611 g/mol. The molecule has 0 aliphatic carbocycles. The van der Waals surface area contributed by atoms with Gasteiger partial charge in [0.25, 0.3) is 5.91 Å². The van der Waals surface area contributed by atoms with Crippen LogP contribution in [0.5, 0.6) is 11.5 Å². The number of para-hydroxylation sites is 1. The smallest absolute Gasteiger partial charge is 0.346 e. The molecule has 0 atom stereocenters. The minimum Gasteiger partial charge on any atom is -0.497 e. The van der Waals surface area contributed by atoms with E-state index in [2.05, 4.69) is 0 Å². The molecule has 2 aromatic carbocycles. The maximum Gasteiger partial charge on any atom is 0.346 e. The standard InChI is InChI=1S/C30H29NO7S3/c1-7-38-20-10-8-9-19-22(29-40-24(27(33)36-5)25(41-29)28(34)37-6)26(39)30(2,3)31(23(19)20)21(32)16-13-17-11-14-18(35-4)15-12-17/h8-16H,7H2,1-6H3/b16-13+. The quantitative estimate of drug-likeness (QED) is 0.211. The van der Waals surface area contributed by atoms with Crippen LogP contribution in [0.2, 0.25) is 0 Å². The number of hydrogen-bond acceptors (Lipinski definition) is 10. The fourth-order valence-electron chi connectivity index (χ4n) is 4.44. The minimum atomic E-state index is -0.986. The highest BCUT2D eigenvalue weighted by Crippen LogP contribution is 2.57. The maximum atomic E-state index is 13.9. The average molecular weight is 612 g/mol. The molecule has 2 aliphatic rings. The Morgan fingerprint density at radius 2 is 1.56 bits per heavy atom. The molecule has 0 saturated heterocycles. The van der Waals surface area contributed by atoms with Gasteiger partial charge in [0, 0.05) is 17.2 Å². The highest BCUT2D eigenvalue weighted by atomic mass is 32.2. The zero-order chi connectivity index (χ0) is 29.9. The Morgan fingerprint density at radius 3 is 2.10 bits per heavy atom. The summed E-state index contributed by atoms with van der Waals surface area (Å²) < 4.78 is 21.7. The van der Waals surface area contributed by atoms with Gasteiger partial charge >= 0.3 is 11.9 Å². The summed E-state index contributed by atoms with van der Waals surface area (Å²) in [5, 5.41) is 0. The first kappa shape index (κ1) is 30.4. The molecule has 214 valence electrons. The van der Waals surface area contributed by atoms with Crippen LogP contribution >= 0.6 is 35.7 Å². The third kappa shape index (κ3) is 5.79. The fourth-order valence-corrected chi connectivity index (χ4v) is 7.47. The van der Waals surface area contributed by atoms with Crippen molar-refractivity contribution in [3.8, 4) is 11.5 Å². The van der Waals surface area contributed by atoms with Gasteiger partial charge in [0.1, 0.15) is 21.3 Å². The second-order valence-corrected chi connectivity index (χ2v) is 12.0. The second-order valence-electron chi connectivity index (χ2n) is 9.26. The van der Waals surface area contributed by atoms with Crippen molar-refractivity contribution in [2.75, 3.05) is 32.8 Å². The molecule has 1 amide bonds. The molecule has 2 aliphatic heterocycles. The van der Waals surface area contributed by atoms with Crippen LogP contribution in [0.25, 0.3) is 11.6 Å². The van der Waals surface area contributed by atoms with Crippen LogP contribution in [-0.4, -0.2) is 56.2 Å². The van der Waals surface area contributed by atoms with E-state index in [0.717, 1.165) is 34.8 Å². The first-order valence-electron chi connectivity index (χ1n) is 12.6. The highest BCUT2D eigenvalue weighted by molar-refractivity contribution is 8.29. The van der Waals surface area contributed by atoms with Crippen molar-refractivity contribution >= 4 is 75.8 Å². The number of thioether (sulfide) groups is 2. The molecule has 0 fully saturated rings. The van der Waals surface area contributed by atoms with Gasteiger partial charge in [-0.25, -0.2) is 9.59 Å². The molecule has 0 bridgehead atoms. The molecule has 0 aromatic heterocycles. The molecule has 0 spiro atoms. The first-order chi connectivity index (χ1) is 19.6. The van der Waals surface area contributed by atoms with Crippen molar-refractivity contribution in [1.29, 1.82) is 0 Å². The van der Waals surface area contributed by atoms with E-state index in [1.807, 2.05) is 57.2 Å². The van der Waals surface area contributed by atoms with Gasteiger partial charge < -0.3 is 18.9 Å². The van der Waals surface area contributed by atoms with Crippen molar-refractivity contribution in [2.24, 2.45) is 0 Å². The lowest BCUT2D eigenvalue weighted by molar-refractivity contribution is -0.138. The summed E-state index contributed by atoms with van der Waals surface area (Å²) in [6.45, 7) is 5.97. The summed E-state index contributed by atoms with van der Waals surface area (Å²) in [5.41, 5.74) is 1.68. The molecule has 41 heavy (non-hydrogen) atoms. The van der Waals surface area contributed by atoms with Crippen molar-refractivity contribution in [3.05, 3.63) is 73.7 Å². The Bertz CT molecular complexity index is 1480. The highest BCUT2D eigenvalue weighted by Gasteiger charge is 2.47. The Kier molecular flexibility index (Phi) is 9.31. The molecule has 0 N–H and O–H groups in total. The molecule has 0 saturated carbocycles. The number of rotatable bonds is 7. The van der Waals surface area contributed by atoms with E-state index in [4.69, 9.17) is 31.2 Å². The summed E-state index contributed by atoms with van der Waals surface area (Å²) in [6, 6.07) is 12.8. The number of esters is 2. The Balaban J connectivity index is 1.86. The van der Waals surface area contributed by atoms with E-state index in [1.54, 1.807) is 24.2 Å². The SMILES string of the molecule is CCOc1cccc2c1N(C(=O)/C=C/c1ccc(OC)cc1)C(C)(C)C(=S)C2=C1SC(C(=O)OC)=C(C(=O)OC)S1. The maximum absolute atomic E-state index is 13.9. The lowest BCUT2D eigenvalue weighted by Crippen LogP contribution is -2.55. The molecule has 0 radical (unpaired) electrons. The number of methoxy groups -OCH3 is 3. The number of thiocarbonyl (C=S) groups is 1. The number of anilines is 1. The molecule has 0 unspecified atom stereocenters. The third-order valence-electron chi connectivity index (χ3n) is 6.43. The Labute approximate surface area is 252 Å². The fraction of sp³-hybridized carbons (Fsp3) is 0.267. The summed E-state index contributed by atoms with van der Waals surface area (Å²) in [7, 11) is 4.10. The number of nitrogens with zero attached hydrogens (tertiary/aromatic N) is 1. The lowest BCUT2D eigenvalue weighted by Gasteiger charge is -2.45. The Morgan fingerprint density at radius 1 is 0.951 bits per heavy atom. The summed E-state index contributed by atoms with van der Waals surface area (Å²) >= 11 is 8.24. The molecule has 11 heteroatoms. The van der Waals surface area contributed by atoms with Gasteiger partial charge in [-0.15, -0.1) is 0 Å². The molecular weight excluding hydrogens is 583 g/mol. The van der Waals surface area contributed by atoms with Gasteiger partial charge in [0.15, 0.2) is 0 Å². The third-order valence-corrected chi connectivity index (χ3v) is 9.69. The average Bonchev–Trinajstić information content (AvgIpc) is 3.41. The summed E-state index contributed by atoms with van der Waals surface area (Å²) in [4.78, 5) is 41.4. The molecule has 2 heterocycles. The van der Waals surface area contributed by atoms with Gasteiger partial charge in [0.05, 0.1) is 48.3 Å². The Hall–Kier alpha value is -3.54. The van der Waals surface area contributed by atoms with Crippen LogP contribution in [0.3, 0.4) is 0 Å². The topological polar surface area (TPSA) is 91.4 Å². The molecule has 8 nitrogen and oxygen atoms in total. The number of fused-ring (bicyclic) bond motifs is 1. The zero-order valence-electron chi connectivity index (χ0n) is 23.4. The number of benzene rings is 2. The van der Waals surface area contributed by atoms with Gasteiger partial charge in [-0.1, -0.05) is 60.0 Å². The van der Waals surface area contributed by atoms with Gasteiger partial charge in [-0.3, -0.25) is 9.69 Å². The zero-order valence-corrected chi connectivity index (χ0v) is 25.9. The van der Waals surface area contributed by atoms with E-state index in [1.165, 1.54) is 20.3 Å². The van der Waals surface area contributed by atoms with Gasteiger partial charge in [-0.05, 0) is 50.6 Å². The normalized spacial score (nSPS) is 16.1. The van der Waals surface area contributed by atoms with Crippen LogP contribution in [0, 0.1) is 0 Å². The minimum absolute atomic E-state index is 0.121. The number of carbonyl (C=O) groups excluding carboxylic acids is 3. The summed E-state index contributed by atoms with van der Waals surface area (Å²) in [5.74, 6) is -0.366. The number of hydrogen-bond donors (Lipinski definition) is 0. The van der Waals surface area contributed by atoms with Crippen LogP contribution in [-0.2, 0) is 23.9 Å². The number of ether oxygens (including phenoxy) is 4. The first-order valence-corrected chi connectivity index (χ1v) is 14.6. The van der Waals surface area contributed by atoms with Crippen LogP contribution in [0.1, 0.15) is 31.9 Å². The van der Waals surface area contributed by atoms with E-state index in [-0.39, 0.29) is 15.7 Å².